The Balaban J connectivity index is 1.88. The van der Waals surface area contributed by atoms with E-state index < -0.39 is 0 Å². The number of hydrogen-bond acceptors (Lipinski definition) is 4. The van der Waals surface area contributed by atoms with E-state index in [1.807, 2.05) is 37.3 Å². The zero-order valence-corrected chi connectivity index (χ0v) is 14.9. The van der Waals surface area contributed by atoms with E-state index in [1.54, 1.807) is 24.3 Å². The molecule has 0 bridgehead atoms. The first-order valence-corrected chi connectivity index (χ1v) is 8.64. The zero-order chi connectivity index (χ0) is 17.3. The largest absolute Gasteiger partial charge is 0.295 e. The predicted molar refractivity (Wildman–Crippen MR) is 103 cm³/mol. The van der Waals surface area contributed by atoms with Gasteiger partial charge in [0.05, 0.1) is 10.6 Å². The smallest absolute Gasteiger partial charge is 0.270 e. The third-order valence-corrected chi connectivity index (χ3v) is 5.00. The van der Waals surface area contributed by atoms with E-state index in [2.05, 4.69) is 0 Å². The van der Waals surface area contributed by atoms with Crippen LogP contribution in [0.25, 0.3) is 6.08 Å². The molecule has 1 fully saturated rings. The normalized spacial score (nSPS) is 16.1. The van der Waals surface area contributed by atoms with Gasteiger partial charge in [0.1, 0.15) is 0 Å². The fourth-order valence-electron chi connectivity index (χ4n) is 2.35. The van der Waals surface area contributed by atoms with Gasteiger partial charge in [0.2, 0.25) is 0 Å². The molecule has 0 aromatic heterocycles. The summed E-state index contributed by atoms with van der Waals surface area (Å²) in [6.45, 7) is 3.53. The van der Waals surface area contributed by atoms with Gasteiger partial charge in [-0.2, -0.15) is 0 Å². The van der Waals surface area contributed by atoms with Crippen molar-refractivity contribution in [3.63, 3.8) is 0 Å². The number of ketones is 1. The molecule has 2 aromatic carbocycles. The number of hydrogen-bond donors (Lipinski definition) is 0. The molecule has 1 aliphatic heterocycles. The van der Waals surface area contributed by atoms with Crippen molar-refractivity contribution in [1.29, 1.82) is 0 Å². The summed E-state index contributed by atoms with van der Waals surface area (Å²) in [6, 6.07) is 14.9. The van der Waals surface area contributed by atoms with Gasteiger partial charge in [0.15, 0.2) is 10.1 Å². The van der Waals surface area contributed by atoms with Crippen molar-refractivity contribution in [1.82, 2.24) is 0 Å². The van der Waals surface area contributed by atoms with Gasteiger partial charge >= 0.3 is 0 Å². The summed E-state index contributed by atoms with van der Waals surface area (Å²) in [5.74, 6) is -0.146. The van der Waals surface area contributed by atoms with Crippen LogP contribution < -0.4 is 4.90 Å². The molecule has 5 heteroatoms. The van der Waals surface area contributed by atoms with Gasteiger partial charge in [-0.15, -0.1) is 0 Å². The fraction of sp³-hybridized carbons (Fsp3) is 0.105. The molecule has 0 aliphatic carbocycles. The Morgan fingerprint density at radius 1 is 1.08 bits per heavy atom. The van der Waals surface area contributed by atoms with Crippen LogP contribution in [0.15, 0.2) is 53.4 Å². The molecule has 1 heterocycles. The molecule has 0 unspecified atom stereocenters. The van der Waals surface area contributed by atoms with E-state index >= 15 is 0 Å². The second-order valence-corrected chi connectivity index (χ2v) is 7.21. The summed E-state index contributed by atoms with van der Waals surface area (Å²) in [5.41, 5.74) is 3.42. The van der Waals surface area contributed by atoms with Crippen LogP contribution in [0.3, 0.4) is 0 Å². The first-order valence-electron chi connectivity index (χ1n) is 7.41. The molecule has 3 nitrogen and oxygen atoms in total. The molecule has 120 valence electrons. The van der Waals surface area contributed by atoms with E-state index in [0.29, 0.717) is 20.5 Å². The van der Waals surface area contributed by atoms with Crippen LogP contribution in [0.5, 0.6) is 0 Å². The maximum absolute atomic E-state index is 12.7. The predicted octanol–water partition coefficient (Wildman–Crippen LogP) is 4.60. The molecular formula is C19H15NO2S2. The van der Waals surface area contributed by atoms with Crippen LogP contribution in [-0.2, 0) is 4.79 Å². The Kier molecular flexibility index (Phi) is 4.64. The third kappa shape index (κ3) is 3.32. The molecule has 0 radical (unpaired) electrons. The molecule has 2 aromatic rings. The van der Waals surface area contributed by atoms with Gasteiger partial charge in [-0.25, -0.2) is 0 Å². The molecule has 0 spiro atoms. The lowest BCUT2D eigenvalue weighted by molar-refractivity contribution is -0.113. The van der Waals surface area contributed by atoms with E-state index in [4.69, 9.17) is 12.2 Å². The lowest BCUT2D eigenvalue weighted by atomic mass is 10.1. The summed E-state index contributed by atoms with van der Waals surface area (Å²) in [6.07, 6.45) is 1.85. The number of carbonyl (C=O) groups is 2. The maximum atomic E-state index is 12.7. The molecule has 1 saturated heterocycles. The number of amides is 1. The van der Waals surface area contributed by atoms with E-state index in [-0.39, 0.29) is 11.7 Å². The highest BCUT2D eigenvalue weighted by atomic mass is 32.2. The molecular weight excluding hydrogens is 338 g/mol. The SMILES string of the molecule is CC(=O)c1ccc(N2C(=O)C(=Cc3ccc(C)cc3)SC2=S)cc1. The Labute approximate surface area is 150 Å². The molecule has 3 rings (SSSR count). The summed E-state index contributed by atoms with van der Waals surface area (Å²) in [4.78, 5) is 26.2. The molecule has 0 atom stereocenters. The van der Waals surface area contributed by atoms with Gasteiger partial charge in [0.25, 0.3) is 5.91 Å². The summed E-state index contributed by atoms with van der Waals surface area (Å²) in [5, 5.41) is 0. The highest BCUT2D eigenvalue weighted by Crippen LogP contribution is 2.36. The van der Waals surface area contributed by atoms with Crippen LogP contribution in [0.2, 0.25) is 0 Å². The maximum Gasteiger partial charge on any atom is 0.270 e. The highest BCUT2D eigenvalue weighted by molar-refractivity contribution is 8.27. The lowest BCUT2D eigenvalue weighted by Gasteiger charge is -2.14. The first kappa shape index (κ1) is 16.6. The lowest BCUT2D eigenvalue weighted by Crippen LogP contribution is -2.27. The average molecular weight is 353 g/mol. The number of thiocarbonyl (C=S) groups is 1. The van der Waals surface area contributed by atoms with Crippen LogP contribution in [0.4, 0.5) is 5.69 Å². The van der Waals surface area contributed by atoms with Crippen molar-refractivity contribution >= 4 is 51.8 Å². The minimum absolute atomic E-state index is 0.00814. The summed E-state index contributed by atoms with van der Waals surface area (Å²) < 4.78 is 0.494. The number of thioether (sulfide) groups is 1. The second-order valence-electron chi connectivity index (χ2n) is 5.53. The Morgan fingerprint density at radius 3 is 2.29 bits per heavy atom. The van der Waals surface area contributed by atoms with Crippen molar-refractivity contribution in [2.24, 2.45) is 0 Å². The van der Waals surface area contributed by atoms with Crippen molar-refractivity contribution in [2.45, 2.75) is 13.8 Å². The molecule has 0 saturated carbocycles. The Hall–Kier alpha value is -2.24. The topological polar surface area (TPSA) is 37.4 Å². The monoisotopic (exact) mass is 353 g/mol. The number of Topliss-reactive ketones (excluding diaryl/α,β-unsaturated/α-hetero) is 1. The number of nitrogens with zero attached hydrogens (tertiary/aromatic N) is 1. The third-order valence-electron chi connectivity index (χ3n) is 3.70. The molecule has 1 aliphatic rings. The molecule has 24 heavy (non-hydrogen) atoms. The van der Waals surface area contributed by atoms with Gasteiger partial charge in [-0.05, 0) is 49.8 Å². The number of benzene rings is 2. The van der Waals surface area contributed by atoms with Crippen molar-refractivity contribution in [3.8, 4) is 0 Å². The van der Waals surface area contributed by atoms with E-state index in [9.17, 15) is 9.59 Å². The fourth-order valence-corrected chi connectivity index (χ4v) is 3.65. The number of carbonyl (C=O) groups excluding carboxylic acids is 2. The molecule has 1 amide bonds. The average Bonchev–Trinajstić information content (AvgIpc) is 2.83. The van der Waals surface area contributed by atoms with Gasteiger partial charge in [-0.1, -0.05) is 53.8 Å². The summed E-state index contributed by atoms with van der Waals surface area (Å²) in [7, 11) is 0. The highest BCUT2D eigenvalue weighted by Gasteiger charge is 2.33. The minimum Gasteiger partial charge on any atom is -0.295 e. The van der Waals surface area contributed by atoms with Crippen molar-refractivity contribution in [2.75, 3.05) is 4.90 Å². The molecule has 0 N–H and O–H groups in total. The van der Waals surface area contributed by atoms with Gasteiger partial charge < -0.3 is 0 Å². The van der Waals surface area contributed by atoms with Gasteiger partial charge in [0, 0.05) is 5.56 Å². The van der Waals surface area contributed by atoms with Gasteiger partial charge in [-0.3, -0.25) is 14.5 Å². The number of aryl methyl sites for hydroxylation is 1. The van der Waals surface area contributed by atoms with Crippen LogP contribution in [0.1, 0.15) is 28.4 Å². The van der Waals surface area contributed by atoms with Crippen LogP contribution in [0, 0.1) is 6.92 Å². The first-order chi connectivity index (χ1) is 11.5. The number of rotatable bonds is 3. The van der Waals surface area contributed by atoms with Crippen molar-refractivity contribution in [3.05, 3.63) is 70.1 Å². The van der Waals surface area contributed by atoms with Crippen molar-refractivity contribution < 1.29 is 9.59 Å². The zero-order valence-electron chi connectivity index (χ0n) is 13.3. The Morgan fingerprint density at radius 2 is 1.71 bits per heavy atom. The standard InChI is InChI=1S/C19H15NO2S2/c1-12-3-5-14(6-4-12)11-17-18(22)20(19(23)24-17)16-9-7-15(8-10-16)13(2)21/h3-11H,1-2H3. The quantitative estimate of drug-likeness (QED) is 0.459. The van der Waals surface area contributed by atoms with E-state index in [0.717, 1.165) is 5.56 Å². The minimum atomic E-state index is -0.138. The second kappa shape index (κ2) is 6.71. The van der Waals surface area contributed by atoms with Crippen LogP contribution >= 0.6 is 24.0 Å². The van der Waals surface area contributed by atoms with E-state index in [1.165, 1.54) is 29.1 Å². The summed E-state index contributed by atoms with van der Waals surface area (Å²) >= 11 is 6.65. The number of anilines is 1. The van der Waals surface area contributed by atoms with Crippen LogP contribution in [-0.4, -0.2) is 16.0 Å². The Bertz CT molecular complexity index is 852.